The van der Waals surface area contributed by atoms with Crippen molar-refractivity contribution in [1.29, 1.82) is 0 Å². The van der Waals surface area contributed by atoms with Gasteiger partial charge in [-0.2, -0.15) is 0 Å². The van der Waals surface area contributed by atoms with Crippen molar-refractivity contribution >= 4 is 0 Å². The minimum atomic E-state index is -0.497. The molecular formula is C18H23NO. The van der Waals surface area contributed by atoms with E-state index in [0.29, 0.717) is 0 Å². The molecule has 0 heterocycles. The molecule has 0 aliphatic heterocycles. The largest absolute Gasteiger partial charge is 0.497 e. The zero-order valence-corrected chi connectivity index (χ0v) is 12.7. The summed E-state index contributed by atoms with van der Waals surface area (Å²) in [5.41, 5.74) is 10.8. The summed E-state index contributed by atoms with van der Waals surface area (Å²) in [5, 5.41) is 0. The molecule has 0 aliphatic rings. The van der Waals surface area contributed by atoms with E-state index in [0.717, 1.165) is 28.9 Å². The molecular weight excluding hydrogens is 246 g/mol. The summed E-state index contributed by atoms with van der Waals surface area (Å²) in [7, 11) is 1.68. The van der Waals surface area contributed by atoms with Crippen molar-refractivity contribution in [2.75, 3.05) is 7.11 Å². The van der Waals surface area contributed by atoms with Gasteiger partial charge in [-0.15, -0.1) is 0 Å². The van der Waals surface area contributed by atoms with E-state index in [1.807, 2.05) is 12.1 Å². The lowest BCUT2D eigenvalue weighted by molar-refractivity contribution is 0.414. The van der Waals surface area contributed by atoms with Crippen LogP contribution in [0.15, 0.2) is 42.5 Å². The second kappa shape index (κ2) is 5.68. The first-order valence-electron chi connectivity index (χ1n) is 7.02. The second-order valence-corrected chi connectivity index (χ2v) is 5.43. The van der Waals surface area contributed by atoms with Crippen LogP contribution in [0, 0.1) is 6.92 Å². The molecule has 0 fully saturated rings. The number of hydrogen-bond acceptors (Lipinski definition) is 2. The number of benzene rings is 2. The Hall–Kier alpha value is -1.80. The van der Waals surface area contributed by atoms with Gasteiger partial charge in [-0.1, -0.05) is 37.3 Å². The lowest BCUT2D eigenvalue weighted by Crippen LogP contribution is -2.35. The molecule has 0 amide bonds. The van der Waals surface area contributed by atoms with Crippen molar-refractivity contribution in [3.63, 3.8) is 0 Å². The molecule has 2 nitrogen and oxygen atoms in total. The lowest BCUT2D eigenvalue weighted by atomic mass is 9.83. The average molecular weight is 269 g/mol. The smallest absolute Gasteiger partial charge is 0.119 e. The van der Waals surface area contributed by atoms with E-state index >= 15 is 0 Å². The molecule has 2 heteroatoms. The predicted octanol–water partition coefficient (Wildman–Crippen LogP) is 3.79. The van der Waals surface area contributed by atoms with Gasteiger partial charge in [0.2, 0.25) is 0 Å². The Balaban J connectivity index is 2.42. The first kappa shape index (κ1) is 14.6. The fourth-order valence-corrected chi connectivity index (χ4v) is 2.59. The maximum atomic E-state index is 6.60. The molecule has 2 rings (SSSR count). The fourth-order valence-electron chi connectivity index (χ4n) is 2.59. The summed E-state index contributed by atoms with van der Waals surface area (Å²) in [6.45, 7) is 6.29. The molecule has 0 saturated carbocycles. The number of methoxy groups -OCH3 is 1. The summed E-state index contributed by atoms with van der Waals surface area (Å²) in [6.07, 6.45) is 1.04. The third-order valence-electron chi connectivity index (χ3n) is 3.95. The standard InChI is InChI=1S/C18H23NO/c1-5-14-6-8-15(9-7-14)18(3,19)17-11-10-16(20-4)12-13(17)2/h6-12H,5,19H2,1-4H3. The van der Waals surface area contributed by atoms with Crippen LogP contribution >= 0.6 is 0 Å². The van der Waals surface area contributed by atoms with Crippen LogP contribution in [-0.4, -0.2) is 7.11 Å². The first-order valence-corrected chi connectivity index (χ1v) is 7.02. The van der Waals surface area contributed by atoms with Gasteiger partial charge in [0.05, 0.1) is 12.6 Å². The molecule has 2 aromatic rings. The summed E-state index contributed by atoms with van der Waals surface area (Å²) in [4.78, 5) is 0. The van der Waals surface area contributed by atoms with E-state index in [9.17, 15) is 0 Å². The Kier molecular flexibility index (Phi) is 4.15. The third kappa shape index (κ3) is 2.70. The summed E-state index contributed by atoms with van der Waals surface area (Å²) < 4.78 is 5.26. The minimum Gasteiger partial charge on any atom is -0.497 e. The molecule has 0 aliphatic carbocycles. The molecule has 0 spiro atoms. The third-order valence-corrected chi connectivity index (χ3v) is 3.95. The van der Waals surface area contributed by atoms with E-state index < -0.39 is 5.54 Å². The fraction of sp³-hybridized carbons (Fsp3) is 0.333. The number of hydrogen-bond donors (Lipinski definition) is 1. The van der Waals surface area contributed by atoms with Crippen molar-refractivity contribution < 1.29 is 4.74 Å². The topological polar surface area (TPSA) is 35.2 Å². The van der Waals surface area contributed by atoms with Crippen LogP contribution < -0.4 is 10.5 Å². The van der Waals surface area contributed by atoms with Crippen molar-refractivity contribution in [2.45, 2.75) is 32.7 Å². The van der Waals surface area contributed by atoms with Crippen LogP contribution in [0.1, 0.15) is 36.1 Å². The summed E-state index contributed by atoms with van der Waals surface area (Å²) in [5.74, 6) is 0.864. The van der Waals surface area contributed by atoms with Crippen LogP contribution in [-0.2, 0) is 12.0 Å². The molecule has 20 heavy (non-hydrogen) atoms. The van der Waals surface area contributed by atoms with Gasteiger partial charge in [-0.05, 0) is 54.7 Å². The van der Waals surface area contributed by atoms with Crippen molar-refractivity contribution in [3.05, 3.63) is 64.7 Å². The number of aryl methyl sites for hydroxylation is 2. The van der Waals surface area contributed by atoms with Gasteiger partial charge in [0, 0.05) is 0 Å². The zero-order valence-electron chi connectivity index (χ0n) is 12.7. The molecule has 2 aromatic carbocycles. The Morgan fingerprint density at radius 2 is 1.75 bits per heavy atom. The Morgan fingerprint density at radius 3 is 2.25 bits per heavy atom. The van der Waals surface area contributed by atoms with Gasteiger partial charge in [0.1, 0.15) is 5.75 Å². The van der Waals surface area contributed by atoms with E-state index in [4.69, 9.17) is 10.5 Å². The van der Waals surface area contributed by atoms with E-state index in [-0.39, 0.29) is 0 Å². The van der Waals surface area contributed by atoms with Crippen LogP contribution in [0.2, 0.25) is 0 Å². The molecule has 2 N–H and O–H groups in total. The molecule has 0 aromatic heterocycles. The van der Waals surface area contributed by atoms with Gasteiger partial charge < -0.3 is 10.5 Å². The highest BCUT2D eigenvalue weighted by atomic mass is 16.5. The normalized spacial score (nSPS) is 13.8. The van der Waals surface area contributed by atoms with Crippen molar-refractivity contribution in [1.82, 2.24) is 0 Å². The molecule has 0 radical (unpaired) electrons. The SMILES string of the molecule is CCc1ccc(C(C)(N)c2ccc(OC)cc2C)cc1. The van der Waals surface area contributed by atoms with Gasteiger partial charge in [-0.3, -0.25) is 0 Å². The van der Waals surface area contributed by atoms with Crippen LogP contribution in [0.5, 0.6) is 5.75 Å². The van der Waals surface area contributed by atoms with Gasteiger partial charge >= 0.3 is 0 Å². The van der Waals surface area contributed by atoms with E-state index in [1.54, 1.807) is 7.11 Å². The van der Waals surface area contributed by atoms with Crippen LogP contribution in [0.3, 0.4) is 0 Å². The Bertz CT molecular complexity index is 585. The van der Waals surface area contributed by atoms with Gasteiger partial charge in [0.15, 0.2) is 0 Å². The van der Waals surface area contributed by atoms with Gasteiger partial charge in [-0.25, -0.2) is 0 Å². The van der Waals surface area contributed by atoms with Gasteiger partial charge in [0.25, 0.3) is 0 Å². The summed E-state index contributed by atoms with van der Waals surface area (Å²) >= 11 is 0. The molecule has 0 saturated heterocycles. The van der Waals surface area contributed by atoms with Crippen LogP contribution in [0.4, 0.5) is 0 Å². The quantitative estimate of drug-likeness (QED) is 0.916. The molecule has 1 unspecified atom stereocenters. The highest BCUT2D eigenvalue weighted by molar-refractivity contribution is 5.45. The van der Waals surface area contributed by atoms with E-state index in [2.05, 4.69) is 51.1 Å². The average Bonchev–Trinajstić information content (AvgIpc) is 2.46. The Labute approximate surface area is 121 Å². The van der Waals surface area contributed by atoms with Crippen LogP contribution in [0.25, 0.3) is 0 Å². The molecule has 1 atom stereocenters. The van der Waals surface area contributed by atoms with E-state index in [1.165, 1.54) is 5.56 Å². The number of nitrogens with two attached hydrogens (primary N) is 1. The highest BCUT2D eigenvalue weighted by Crippen LogP contribution is 2.31. The lowest BCUT2D eigenvalue weighted by Gasteiger charge is -2.28. The first-order chi connectivity index (χ1) is 9.48. The highest BCUT2D eigenvalue weighted by Gasteiger charge is 2.25. The molecule has 106 valence electrons. The second-order valence-electron chi connectivity index (χ2n) is 5.43. The monoisotopic (exact) mass is 269 g/mol. The maximum Gasteiger partial charge on any atom is 0.119 e. The zero-order chi connectivity index (χ0) is 14.8. The summed E-state index contributed by atoms with van der Waals surface area (Å²) in [6, 6.07) is 14.6. The molecule has 0 bridgehead atoms. The number of ether oxygens (including phenoxy) is 1. The predicted molar refractivity (Wildman–Crippen MR) is 84.2 cm³/mol. The number of rotatable bonds is 4. The van der Waals surface area contributed by atoms with Crippen molar-refractivity contribution in [2.24, 2.45) is 5.73 Å². The van der Waals surface area contributed by atoms with Crippen molar-refractivity contribution in [3.8, 4) is 5.75 Å². The Morgan fingerprint density at radius 1 is 1.10 bits per heavy atom. The maximum absolute atomic E-state index is 6.60. The minimum absolute atomic E-state index is 0.497.